The van der Waals surface area contributed by atoms with Crippen LogP contribution in [0.5, 0.6) is 0 Å². The van der Waals surface area contributed by atoms with Crippen molar-refractivity contribution in [2.24, 2.45) is 12.8 Å². The Balaban J connectivity index is 2.18. The summed E-state index contributed by atoms with van der Waals surface area (Å²) in [6, 6.07) is 5.85. The predicted molar refractivity (Wildman–Crippen MR) is 76.5 cm³/mol. The van der Waals surface area contributed by atoms with Gasteiger partial charge in [0.25, 0.3) is 0 Å². The smallest absolute Gasteiger partial charge is 0.192 e. The van der Waals surface area contributed by atoms with Crippen LogP contribution in [-0.2, 0) is 13.6 Å². The summed E-state index contributed by atoms with van der Waals surface area (Å²) in [5.74, 6) is 0.662. The maximum absolute atomic E-state index is 5.72. The van der Waals surface area contributed by atoms with Crippen molar-refractivity contribution < 1.29 is 4.42 Å². The fourth-order valence-electron chi connectivity index (χ4n) is 2.13. The first-order chi connectivity index (χ1) is 9.10. The van der Waals surface area contributed by atoms with Gasteiger partial charge in [0.05, 0.1) is 10.2 Å². The Morgan fingerprint density at radius 3 is 2.89 bits per heavy atom. The topological polar surface area (TPSA) is 69.9 Å². The fraction of sp³-hybridized carbons (Fsp3) is 0.231. The Morgan fingerprint density at radius 2 is 2.21 bits per heavy atom. The number of aromatic nitrogens is 3. The Bertz CT molecular complexity index is 759. The number of oxazole rings is 1. The maximum Gasteiger partial charge on any atom is 0.192 e. The van der Waals surface area contributed by atoms with Crippen LogP contribution in [0.2, 0.25) is 0 Å². The molecule has 0 bridgehead atoms. The molecule has 0 aliphatic rings. The molecule has 6 heteroatoms. The predicted octanol–water partition coefficient (Wildman–Crippen LogP) is 2.76. The molecular weight excluding hydrogens is 308 g/mol. The van der Waals surface area contributed by atoms with Crippen molar-refractivity contribution in [3.63, 3.8) is 0 Å². The number of rotatable bonds is 2. The van der Waals surface area contributed by atoms with Crippen LogP contribution in [0.3, 0.4) is 0 Å². The van der Waals surface area contributed by atoms with Crippen LogP contribution in [0.25, 0.3) is 22.4 Å². The quantitative estimate of drug-likeness (QED) is 0.788. The highest BCUT2D eigenvalue weighted by Gasteiger charge is 2.15. The average Bonchev–Trinajstić information content (AvgIpc) is 2.87. The number of nitrogens with two attached hydrogens (primary N) is 1. The van der Waals surface area contributed by atoms with E-state index in [-0.39, 0.29) is 0 Å². The summed E-state index contributed by atoms with van der Waals surface area (Å²) in [7, 11) is 1.88. The second-order valence-electron chi connectivity index (χ2n) is 4.35. The van der Waals surface area contributed by atoms with Gasteiger partial charge in [-0.2, -0.15) is 5.10 Å². The van der Waals surface area contributed by atoms with Crippen molar-refractivity contribution in [2.75, 3.05) is 0 Å². The lowest BCUT2D eigenvalue weighted by molar-refractivity contribution is 0.561. The van der Waals surface area contributed by atoms with Crippen molar-refractivity contribution in [3.05, 3.63) is 34.3 Å². The van der Waals surface area contributed by atoms with Gasteiger partial charge >= 0.3 is 0 Å². The maximum atomic E-state index is 5.72. The number of hydrogen-bond acceptors (Lipinski definition) is 4. The minimum Gasteiger partial charge on any atom is -0.441 e. The first kappa shape index (κ1) is 12.4. The van der Waals surface area contributed by atoms with E-state index in [1.165, 1.54) is 0 Å². The number of benzene rings is 1. The zero-order valence-corrected chi connectivity index (χ0v) is 12.2. The van der Waals surface area contributed by atoms with Gasteiger partial charge in [-0.25, -0.2) is 4.98 Å². The van der Waals surface area contributed by atoms with E-state index < -0.39 is 0 Å². The van der Waals surface area contributed by atoms with Crippen molar-refractivity contribution in [3.8, 4) is 11.3 Å². The third-order valence-corrected chi connectivity index (χ3v) is 3.90. The van der Waals surface area contributed by atoms with Crippen LogP contribution in [0.15, 0.2) is 27.1 Å². The van der Waals surface area contributed by atoms with E-state index in [9.17, 15) is 0 Å². The molecule has 0 saturated heterocycles. The van der Waals surface area contributed by atoms with E-state index in [1.807, 2.05) is 32.2 Å². The first-order valence-electron chi connectivity index (χ1n) is 5.89. The third-order valence-electron chi connectivity index (χ3n) is 3.06. The molecule has 0 radical (unpaired) electrons. The van der Waals surface area contributed by atoms with Crippen LogP contribution < -0.4 is 5.73 Å². The number of halogens is 1. The highest BCUT2D eigenvalue weighted by atomic mass is 79.9. The Morgan fingerprint density at radius 1 is 1.42 bits per heavy atom. The van der Waals surface area contributed by atoms with E-state index in [1.54, 1.807) is 4.68 Å². The normalized spacial score (nSPS) is 11.4. The molecule has 3 rings (SSSR count). The molecule has 3 aromatic rings. The molecular formula is C13H13BrN4O. The molecule has 1 aromatic carbocycles. The summed E-state index contributed by atoms with van der Waals surface area (Å²) in [4.78, 5) is 4.34. The van der Waals surface area contributed by atoms with E-state index in [2.05, 4.69) is 26.0 Å². The molecule has 0 aliphatic heterocycles. The highest BCUT2D eigenvalue weighted by molar-refractivity contribution is 9.10. The summed E-state index contributed by atoms with van der Waals surface area (Å²) >= 11 is 3.56. The Labute approximate surface area is 118 Å². The number of hydrogen-bond donors (Lipinski definition) is 1. The summed E-state index contributed by atoms with van der Waals surface area (Å²) in [5, 5.41) is 4.50. The highest BCUT2D eigenvalue weighted by Crippen LogP contribution is 2.31. The zero-order valence-electron chi connectivity index (χ0n) is 10.6. The Kier molecular flexibility index (Phi) is 2.91. The van der Waals surface area contributed by atoms with Gasteiger partial charge in [-0.15, -0.1) is 0 Å². The van der Waals surface area contributed by atoms with Gasteiger partial charge < -0.3 is 10.2 Å². The van der Waals surface area contributed by atoms with Gasteiger partial charge in [0.1, 0.15) is 11.2 Å². The number of nitrogens with zero attached hydrogens (tertiary/aromatic N) is 3. The summed E-state index contributed by atoms with van der Waals surface area (Å²) in [6.45, 7) is 2.28. The molecule has 0 fully saturated rings. The van der Waals surface area contributed by atoms with Crippen LogP contribution in [0.4, 0.5) is 0 Å². The minimum atomic E-state index is 0.440. The van der Waals surface area contributed by atoms with E-state index in [0.717, 1.165) is 32.5 Å². The summed E-state index contributed by atoms with van der Waals surface area (Å²) in [6.07, 6.45) is 0. The molecule has 0 unspecified atom stereocenters. The van der Waals surface area contributed by atoms with Crippen molar-refractivity contribution in [1.82, 2.24) is 14.8 Å². The Hall–Kier alpha value is -1.66. The van der Waals surface area contributed by atoms with Crippen molar-refractivity contribution in [2.45, 2.75) is 13.5 Å². The molecule has 0 atom stereocenters. The number of aryl methyl sites for hydroxylation is 2. The minimum absolute atomic E-state index is 0.440. The first-order valence-corrected chi connectivity index (χ1v) is 6.68. The molecule has 0 spiro atoms. The van der Waals surface area contributed by atoms with Gasteiger partial charge in [-0.3, -0.25) is 4.68 Å². The molecule has 2 N–H and O–H groups in total. The summed E-state index contributed by atoms with van der Waals surface area (Å²) < 4.78 is 8.19. The van der Waals surface area contributed by atoms with Gasteiger partial charge in [0.15, 0.2) is 11.5 Å². The lowest BCUT2D eigenvalue weighted by Crippen LogP contribution is -2.04. The van der Waals surface area contributed by atoms with Gasteiger partial charge in [0.2, 0.25) is 0 Å². The van der Waals surface area contributed by atoms with Crippen LogP contribution in [0.1, 0.15) is 11.6 Å². The standard InChI is InChI=1S/C13H13BrN4O/c1-7-16-9-5-8(3-4-11(9)19-7)13-12(14)10(6-15)18(2)17-13/h3-5H,6,15H2,1-2H3. The molecule has 0 aliphatic carbocycles. The molecule has 98 valence electrons. The van der Waals surface area contributed by atoms with Gasteiger partial charge in [-0.1, -0.05) is 0 Å². The third kappa shape index (κ3) is 1.97. The molecule has 0 amide bonds. The second-order valence-corrected chi connectivity index (χ2v) is 5.15. The molecule has 2 aromatic heterocycles. The molecule has 0 saturated carbocycles. The lowest BCUT2D eigenvalue weighted by Gasteiger charge is -1.97. The monoisotopic (exact) mass is 320 g/mol. The summed E-state index contributed by atoms with van der Waals surface area (Å²) in [5.41, 5.74) is 10.2. The second kappa shape index (κ2) is 4.47. The van der Waals surface area contributed by atoms with Gasteiger partial charge in [-0.05, 0) is 34.1 Å². The van der Waals surface area contributed by atoms with Crippen molar-refractivity contribution >= 4 is 27.0 Å². The number of fused-ring (bicyclic) bond motifs is 1. The molecule has 5 nitrogen and oxygen atoms in total. The molecule has 2 heterocycles. The van der Waals surface area contributed by atoms with E-state index in [0.29, 0.717) is 12.4 Å². The van der Waals surface area contributed by atoms with Crippen molar-refractivity contribution in [1.29, 1.82) is 0 Å². The fourth-order valence-corrected chi connectivity index (χ4v) is 2.86. The van der Waals surface area contributed by atoms with Crippen LogP contribution in [0, 0.1) is 6.92 Å². The SMILES string of the molecule is Cc1nc2cc(-c3nn(C)c(CN)c3Br)ccc2o1. The van der Waals surface area contributed by atoms with Gasteiger partial charge in [0, 0.05) is 26.1 Å². The molecule has 19 heavy (non-hydrogen) atoms. The average molecular weight is 321 g/mol. The van der Waals surface area contributed by atoms with E-state index >= 15 is 0 Å². The zero-order chi connectivity index (χ0) is 13.6. The lowest BCUT2D eigenvalue weighted by atomic mass is 10.1. The van der Waals surface area contributed by atoms with Crippen LogP contribution in [-0.4, -0.2) is 14.8 Å². The largest absolute Gasteiger partial charge is 0.441 e. The van der Waals surface area contributed by atoms with E-state index in [4.69, 9.17) is 10.2 Å². The van der Waals surface area contributed by atoms with Crippen LogP contribution >= 0.6 is 15.9 Å².